The number of phenolic OH excluding ortho intramolecular Hbond substituents is 1. The fourth-order valence-corrected chi connectivity index (χ4v) is 1.78. The molecule has 0 fully saturated rings. The predicted molar refractivity (Wildman–Crippen MR) is 76.0 cm³/mol. The van der Waals surface area contributed by atoms with Gasteiger partial charge in [0.25, 0.3) is 0 Å². The number of aromatic hydroxyl groups is 1. The highest BCUT2D eigenvalue weighted by molar-refractivity contribution is 5.75. The van der Waals surface area contributed by atoms with Crippen LogP contribution in [0.2, 0.25) is 0 Å². The number of phenols is 1. The van der Waals surface area contributed by atoms with Crippen LogP contribution in [0.15, 0.2) is 12.1 Å². The van der Waals surface area contributed by atoms with Gasteiger partial charge in [-0.05, 0) is 34.4 Å². The zero-order chi connectivity index (χ0) is 12.7. The van der Waals surface area contributed by atoms with Gasteiger partial charge in [-0.1, -0.05) is 53.7 Å². The summed E-state index contributed by atoms with van der Waals surface area (Å²) in [5.74, 6) is 0.445. The molecular formula is C15H24AlO. The lowest BCUT2D eigenvalue weighted by atomic mass is 9.79. The van der Waals surface area contributed by atoms with Gasteiger partial charge in [-0.3, -0.25) is 0 Å². The van der Waals surface area contributed by atoms with Gasteiger partial charge in [0.05, 0.1) is 0 Å². The Morgan fingerprint density at radius 2 is 1.35 bits per heavy atom. The summed E-state index contributed by atoms with van der Waals surface area (Å²) < 4.78 is 0. The maximum Gasteiger partial charge on any atom is 0.122 e. The van der Waals surface area contributed by atoms with Crippen LogP contribution < -0.4 is 0 Å². The second kappa shape index (κ2) is 5.04. The largest absolute Gasteiger partial charge is 0.507 e. The van der Waals surface area contributed by atoms with E-state index < -0.39 is 0 Å². The van der Waals surface area contributed by atoms with Gasteiger partial charge in [-0.15, -0.1) is 0 Å². The Morgan fingerprint density at radius 3 is 1.71 bits per heavy atom. The van der Waals surface area contributed by atoms with Crippen molar-refractivity contribution in [1.29, 1.82) is 0 Å². The first-order valence-corrected chi connectivity index (χ1v) is 5.88. The van der Waals surface area contributed by atoms with E-state index in [1.165, 1.54) is 5.56 Å². The van der Waals surface area contributed by atoms with Crippen LogP contribution >= 0.6 is 0 Å². The zero-order valence-electron chi connectivity index (χ0n) is 12.2. The molecule has 0 saturated carbocycles. The standard InChI is InChI=1S/C15H24O.Al/c1-10-8-11(14(2,3)4)9-12(13(10)16)15(5,6)7;/h8-9,16H,1-7H3;. The number of benzene rings is 1. The summed E-state index contributed by atoms with van der Waals surface area (Å²) in [6.45, 7) is 15.0. The molecule has 3 radical (unpaired) electrons. The summed E-state index contributed by atoms with van der Waals surface area (Å²) in [5, 5.41) is 10.1. The highest BCUT2D eigenvalue weighted by atomic mass is 27.0. The van der Waals surface area contributed by atoms with Gasteiger partial charge < -0.3 is 5.11 Å². The molecule has 1 rings (SSSR count). The Kier molecular flexibility index (Phi) is 4.91. The molecule has 0 aliphatic carbocycles. The van der Waals surface area contributed by atoms with E-state index in [1.54, 1.807) is 0 Å². The molecule has 0 saturated heterocycles. The van der Waals surface area contributed by atoms with Gasteiger partial charge in [0, 0.05) is 17.4 Å². The molecule has 0 amide bonds. The van der Waals surface area contributed by atoms with Crippen molar-refractivity contribution < 1.29 is 5.11 Å². The quantitative estimate of drug-likeness (QED) is 0.689. The Balaban J connectivity index is 0.00000256. The number of hydrogen-bond acceptors (Lipinski definition) is 1. The minimum Gasteiger partial charge on any atom is -0.507 e. The fraction of sp³-hybridized carbons (Fsp3) is 0.600. The summed E-state index contributed by atoms with van der Waals surface area (Å²) in [5.41, 5.74) is 3.40. The van der Waals surface area contributed by atoms with Gasteiger partial charge >= 0.3 is 0 Å². The van der Waals surface area contributed by atoms with Gasteiger partial charge in [-0.25, -0.2) is 0 Å². The van der Waals surface area contributed by atoms with E-state index in [0.717, 1.165) is 11.1 Å². The van der Waals surface area contributed by atoms with Crippen LogP contribution in [0.25, 0.3) is 0 Å². The zero-order valence-corrected chi connectivity index (χ0v) is 13.3. The van der Waals surface area contributed by atoms with Crippen LogP contribution in [0.5, 0.6) is 5.75 Å². The van der Waals surface area contributed by atoms with Crippen molar-refractivity contribution in [3.8, 4) is 5.75 Å². The number of rotatable bonds is 0. The van der Waals surface area contributed by atoms with E-state index in [1.807, 2.05) is 6.92 Å². The van der Waals surface area contributed by atoms with Crippen molar-refractivity contribution in [3.63, 3.8) is 0 Å². The van der Waals surface area contributed by atoms with Gasteiger partial charge in [0.2, 0.25) is 0 Å². The molecular weight excluding hydrogens is 223 g/mol. The summed E-state index contributed by atoms with van der Waals surface area (Å²) in [4.78, 5) is 0. The normalized spacial score (nSPS) is 12.2. The first-order valence-electron chi connectivity index (χ1n) is 5.88. The van der Waals surface area contributed by atoms with Crippen LogP contribution in [0, 0.1) is 6.92 Å². The van der Waals surface area contributed by atoms with Crippen molar-refractivity contribution in [2.24, 2.45) is 0 Å². The average molecular weight is 247 g/mol. The first-order chi connectivity index (χ1) is 7.03. The topological polar surface area (TPSA) is 20.2 Å². The van der Waals surface area contributed by atoms with Crippen molar-refractivity contribution >= 4 is 17.4 Å². The average Bonchev–Trinajstić information content (AvgIpc) is 2.05. The Morgan fingerprint density at radius 1 is 0.882 bits per heavy atom. The van der Waals surface area contributed by atoms with Crippen LogP contribution in [-0.4, -0.2) is 22.5 Å². The van der Waals surface area contributed by atoms with Crippen LogP contribution in [0.1, 0.15) is 58.2 Å². The predicted octanol–water partition coefficient (Wildman–Crippen LogP) is 3.91. The third kappa shape index (κ3) is 3.76. The van der Waals surface area contributed by atoms with E-state index >= 15 is 0 Å². The summed E-state index contributed by atoms with van der Waals surface area (Å²) in [7, 11) is 0. The lowest BCUT2D eigenvalue weighted by Gasteiger charge is -2.26. The van der Waals surface area contributed by atoms with Crippen molar-refractivity contribution in [1.82, 2.24) is 0 Å². The highest BCUT2D eigenvalue weighted by Crippen LogP contribution is 2.37. The molecule has 0 aliphatic rings. The molecule has 17 heavy (non-hydrogen) atoms. The third-order valence-corrected chi connectivity index (χ3v) is 2.97. The van der Waals surface area contributed by atoms with E-state index in [-0.39, 0.29) is 28.2 Å². The van der Waals surface area contributed by atoms with E-state index in [0.29, 0.717) is 5.75 Å². The smallest absolute Gasteiger partial charge is 0.122 e. The molecule has 1 nitrogen and oxygen atoms in total. The Labute approximate surface area is 116 Å². The van der Waals surface area contributed by atoms with Crippen molar-refractivity contribution in [3.05, 3.63) is 28.8 Å². The molecule has 1 N–H and O–H groups in total. The molecule has 0 aliphatic heterocycles. The SMILES string of the molecule is Cc1cc(C(C)(C)C)cc(C(C)(C)C)c1O.[Al]. The monoisotopic (exact) mass is 247 g/mol. The number of hydrogen-bond donors (Lipinski definition) is 1. The molecule has 0 unspecified atom stereocenters. The number of aryl methyl sites for hydroxylation is 1. The van der Waals surface area contributed by atoms with E-state index in [2.05, 4.69) is 53.7 Å². The first kappa shape index (κ1) is 16.6. The lowest BCUT2D eigenvalue weighted by Crippen LogP contribution is -2.17. The molecule has 0 bridgehead atoms. The van der Waals surface area contributed by atoms with Crippen LogP contribution in [0.4, 0.5) is 0 Å². The van der Waals surface area contributed by atoms with E-state index in [9.17, 15) is 5.11 Å². The third-order valence-electron chi connectivity index (χ3n) is 2.97. The minimum atomic E-state index is -0.0178. The van der Waals surface area contributed by atoms with Crippen LogP contribution in [0.3, 0.4) is 0 Å². The molecule has 0 spiro atoms. The molecule has 1 aromatic rings. The molecule has 93 valence electrons. The van der Waals surface area contributed by atoms with Gasteiger partial charge in [0.15, 0.2) is 0 Å². The second-order valence-corrected chi connectivity index (χ2v) is 6.69. The highest BCUT2D eigenvalue weighted by Gasteiger charge is 2.23. The van der Waals surface area contributed by atoms with Crippen LogP contribution in [-0.2, 0) is 10.8 Å². The van der Waals surface area contributed by atoms with Crippen molar-refractivity contribution in [2.75, 3.05) is 0 Å². The van der Waals surface area contributed by atoms with Gasteiger partial charge in [0.1, 0.15) is 5.75 Å². The fourth-order valence-electron chi connectivity index (χ4n) is 1.78. The van der Waals surface area contributed by atoms with Crippen molar-refractivity contribution in [2.45, 2.75) is 59.3 Å². The summed E-state index contributed by atoms with van der Waals surface area (Å²) in [6.07, 6.45) is 0. The maximum absolute atomic E-state index is 10.1. The molecule has 0 aromatic heterocycles. The maximum atomic E-state index is 10.1. The summed E-state index contributed by atoms with van der Waals surface area (Å²) in [6, 6.07) is 4.23. The Hall–Kier alpha value is -0.448. The van der Waals surface area contributed by atoms with Gasteiger partial charge in [-0.2, -0.15) is 0 Å². The Bertz CT molecular complexity index is 395. The lowest BCUT2D eigenvalue weighted by molar-refractivity contribution is 0.440. The second-order valence-electron chi connectivity index (χ2n) is 6.69. The molecule has 1 aromatic carbocycles. The molecule has 2 heteroatoms. The molecule has 0 atom stereocenters. The minimum absolute atomic E-state index is 0. The summed E-state index contributed by atoms with van der Waals surface area (Å²) >= 11 is 0. The van der Waals surface area contributed by atoms with E-state index in [4.69, 9.17) is 0 Å². The molecule has 0 heterocycles.